The molecule has 0 fully saturated rings. The van der Waals surface area contributed by atoms with Crippen LogP contribution in [-0.4, -0.2) is 68.3 Å². The number of benzene rings is 2. The number of carbonyl (C=O) groups excluding carboxylic acids is 1. The van der Waals surface area contributed by atoms with Crippen LogP contribution in [0.15, 0.2) is 5.51 Å². The highest BCUT2D eigenvalue weighted by molar-refractivity contribution is 7.12. The third kappa shape index (κ3) is 3.94. The van der Waals surface area contributed by atoms with Gasteiger partial charge in [0.1, 0.15) is 49.8 Å². The van der Waals surface area contributed by atoms with Gasteiger partial charge in [-0.3, -0.25) is 4.79 Å². The highest BCUT2D eigenvalue weighted by atomic mass is 32.1. The quantitative estimate of drug-likeness (QED) is 0.347. The molecule has 1 heterocycles. The molecule has 1 aromatic heterocycles. The standard InChI is InChI=1S/C18H6B5F3N2O4S/c1-32-15-11(25)4(3-5(19)7(21)9(23)8(22)6(3)20)10(24)12(26)13(15)28-17(29)14-16(18(30)31)33-2-27-14/h2H,1H3,(H,28,29)(H,30,31). The zero-order valence-electron chi connectivity index (χ0n) is 16.6. The molecule has 0 spiro atoms. The zero-order chi connectivity index (χ0) is 24.8. The number of hydrogen-bond donors (Lipinski definition) is 2. The van der Waals surface area contributed by atoms with Crippen molar-refractivity contribution in [3.8, 4) is 16.9 Å². The Balaban J connectivity index is 2.25. The molecule has 2 aromatic carbocycles. The van der Waals surface area contributed by atoms with E-state index in [-0.39, 0.29) is 16.4 Å². The van der Waals surface area contributed by atoms with E-state index in [9.17, 15) is 9.59 Å². The summed E-state index contributed by atoms with van der Waals surface area (Å²) in [6.07, 6.45) is 0. The second kappa shape index (κ2) is 9.05. The predicted molar refractivity (Wildman–Crippen MR) is 122 cm³/mol. The van der Waals surface area contributed by atoms with E-state index in [0.717, 1.165) is 12.6 Å². The normalized spacial score (nSPS) is 10.8. The molecule has 0 atom stereocenters. The van der Waals surface area contributed by atoms with Gasteiger partial charge in [-0.25, -0.2) is 22.9 Å². The summed E-state index contributed by atoms with van der Waals surface area (Å²) in [4.78, 5) is 26.8. The Kier molecular flexibility index (Phi) is 6.74. The summed E-state index contributed by atoms with van der Waals surface area (Å²) in [7, 11) is 29.7. The van der Waals surface area contributed by atoms with E-state index in [1.54, 1.807) is 0 Å². The number of methoxy groups -OCH3 is 1. The Morgan fingerprint density at radius 2 is 1.48 bits per heavy atom. The number of carbonyl (C=O) groups is 2. The van der Waals surface area contributed by atoms with Crippen LogP contribution >= 0.6 is 11.3 Å². The minimum absolute atomic E-state index is 0.233. The van der Waals surface area contributed by atoms with Gasteiger partial charge >= 0.3 is 5.97 Å². The van der Waals surface area contributed by atoms with Crippen molar-refractivity contribution in [2.75, 3.05) is 12.4 Å². The van der Waals surface area contributed by atoms with E-state index >= 15 is 13.2 Å². The van der Waals surface area contributed by atoms with Crippen molar-refractivity contribution in [2.24, 2.45) is 0 Å². The fraction of sp³-hybridized carbons (Fsp3) is 0.0556. The largest absolute Gasteiger partial charge is 0.491 e. The molecule has 3 aromatic rings. The second-order valence-electron chi connectivity index (χ2n) is 6.46. The lowest BCUT2D eigenvalue weighted by molar-refractivity contribution is 0.0697. The smallest absolute Gasteiger partial charge is 0.348 e. The summed E-state index contributed by atoms with van der Waals surface area (Å²) in [6.45, 7) is 0. The Bertz CT molecular complexity index is 1310. The molecule has 0 bridgehead atoms. The first-order valence-corrected chi connectivity index (χ1v) is 9.56. The van der Waals surface area contributed by atoms with E-state index in [4.69, 9.17) is 49.1 Å². The number of aromatic nitrogens is 1. The Hall–Kier alpha value is -3.08. The SMILES string of the molecule is [B]c1c([B])c([B])c(-c2c(F)c(F)c(NC(=O)c3ncsc3C(=O)O)c(OC)c2F)c([B])c1[B]. The Labute approximate surface area is 196 Å². The summed E-state index contributed by atoms with van der Waals surface area (Å²) in [5, 5.41) is 11.0. The number of hydrogen-bond acceptors (Lipinski definition) is 5. The van der Waals surface area contributed by atoms with Crippen LogP contribution in [-0.2, 0) is 0 Å². The number of anilines is 1. The van der Waals surface area contributed by atoms with Crippen molar-refractivity contribution >= 4 is 95.4 Å². The summed E-state index contributed by atoms with van der Waals surface area (Å²) in [5.74, 6) is -8.77. The number of halogens is 3. The summed E-state index contributed by atoms with van der Waals surface area (Å²) < 4.78 is 50.3. The van der Waals surface area contributed by atoms with E-state index in [1.165, 1.54) is 0 Å². The number of nitrogens with one attached hydrogen (secondary N) is 1. The molecule has 33 heavy (non-hydrogen) atoms. The third-order valence-electron chi connectivity index (χ3n) is 4.65. The highest BCUT2D eigenvalue weighted by Gasteiger charge is 2.31. The Morgan fingerprint density at radius 1 is 0.939 bits per heavy atom. The lowest BCUT2D eigenvalue weighted by Crippen LogP contribution is -2.55. The third-order valence-corrected chi connectivity index (χ3v) is 5.46. The molecule has 154 valence electrons. The van der Waals surface area contributed by atoms with Gasteiger partial charge in [-0.1, -0.05) is 10.9 Å². The van der Waals surface area contributed by atoms with Crippen molar-refractivity contribution in [3.63, 3.8) is 0 Å². The van der Waals surface area contributed by atoms with Crippen LogP contribution in [0, 0.1) is 17.5 Å². The van der Waals surface area contributed by atoms with Gasteiger partial charge < -0.3 is 15.2 Å². The average molecular weight is 457 g/mol. The molecule has 6 nitrogen and oxygen atoms in total. The van der Waals surface area contributed by atoms with Gasteiger partial charge in [-0.05, 0) is 5.56 Å². The molecule has 0 aliphatic rings. The molecular formula is C18H6B5F3N2O4S. The molecule has 2 N–H and O–H groups in total. The lowest BCUT2D eigenvalue weighted by Gasteiger charge is -2.23. The van der Waals surface area contributed by atoms with E-state index in [2.05, 4.69) is 4.98 Å². The fourth-order valence-electron chi connectivity index (χ4n) is 3.01. The number of ether oxygens (including phenoxy) is 1. The van der Waals surface area contributed by atoms with Gasteiger partial charge in [0.2, 0.25) is 0 Å². The number of nitrogens with zero attached hydrogens (tertiary/aromatic N) is 1. The van der Waals surface area contributed by atoms with Gasteiger partial charge in [0.05, 0.1) is 18.2 Å². The molecule has 0 saturated carbocycles. The molecule has 15 heteroatoms. The van der Waals surface area contributed by atoms with Gasteiger partial charge in [0.25, 0.3) is 5.91 Å². The first-order valence-electron chi connectivity index (χ1n) is 8.68. The number of amides is 1. The van der Waals surface area contributed by atoms with E-state index in [0.29, 0.717) is 11.3 Å². The van der Waals surface area contributed by atoms with Crippen LogP contribution in [0.25, 0.3) is 11.1 Å². The fourth-order valence-corrected chi connectivity index (χ4v) is 3.63. The minimum atomic E-state index is -1.82. The number of rotatable bonds is 5. The van der Waals surface area contributed by atoms with Crippen LogP contribution in [0.4, 0.5) is 18.9 Å². The molecule has 0 aliphatic heterocycles. The summed E-state index contributed by atoms with van der Waals surface area (Å²) in [6, 6.07) is 0. The maximum Gasteiger partial charge on any atom is 0.348 e. The maximum atomic E-state index is 15.4. The van der Waals surface area contributed by atoms with Crippen LogP contribution < -0.4 is 37.4 Å². The average Bonchev–Trinajstić information content (AvgIpc) is 3.27. The predicted octanol–water partition coefficient (Wildman–Crippen LogP) is -1.84. The van der Waals surface area contributed by atoms with Crippen molar-refractivity contribution in [1.29, 1.82) is 0 Å². The zero-order valence-corrected chi connectivity index (χ0v) is 17.4. The molecule has 3 rings (SSSR count). The second-order valence-corrected chi connectivity index (χ2v) is 7.31. The monoisotopic (exact) mass is 458 g/mol. The number of carboxylic acid groups (broad SMARTS) is 1. The first-order chi connectivity index (χ1) is 15.4. The van der Waals surface area contributed by atoms with Crippen LogP contribution in [0.2, 0.25) is 0 Å². The lowest BCUT2D eigenvalue weighted by atomic mass is 9.59. The van der Waals surface area contributed by atoms with Crippen LogP contribution in [0.1, 0.15) is 20.2 Å². The summed E-state index contributed by atoms with van der Waals surface area (Å²) in [5.41, 5.74) is -4.10. The topological polar surface area (TPSA) is 88.5 Å². The minimum Gasteiger partial charge on any atom is -0.491 e. The number of carboxylic acids is 1. The summed E-state index contributed by atoms with van der Waals surface area (Å²) >= 11 is 0.617. The number of aromatic carboxylic acids is 1. The molecule has 10 radical (unpaired) electrons. The van der Waals surface area contributed by atoms with E-state index < -0.39 is 73.4 Å². The van der Waals surface area contributed by atoms with E-state index in [1.807, 2.05) is 5.32 Å². The highest BCUT2D eigenvalue weighted by Crippen LogP contribution is 2.39. The molecule has 1 amide bonds. The molecule has 0 unspecified atom stereocenters. The van der Waals surface area contributed by atoms with Crippen molar-refractivity contribution in [2.45, 2.75) is 0 Å². The van der Waals surface area contributed by atoms with Gasteiger partial charge in [0.15, 0.2) is 28.9 Å². The van der Waals surface area contributed by atoms with Gasteiger partial charge in [-0.15, -0.1) is 27.7 Å². The Morgan fingerprint density at radius 3 is 2.00 bits per heavy atom. The van der Waals surface area contributed by atoms with Crippen molar-refractivity contribution < 1.29 is 32.6 Å². The maximum absolute atomic E-state index is 15.4. The van der Waals surface area contributed by atoms with Gasteiger partial charge in [-0.2, -0.15) is 0 Å². The number of thiazole rings is 1. The van der Waals surface area contributed by atoms with Crippen LogP contribution in [0.5, 0.6) is 5.75 Å². The molecule has 0 aliphatic carbocycles. The molecular weight excluding hydrogens is 451 g/mol. The van der Waals surface area contributed by atoms with Crippen molar-refractivity contribution in [3.05, 3.63) is 33.5 Å². The van der Waals surface area contributed by atoms with Crippen molar-refractivity contribution in [1.82, 2.24) is 4.98 Å². The van der Waals surface area contributed by atoms with Crippen LogP contribution in [0.3, 0.4) is 0 Å². The molecule has 0 saturated heterocycles. The van der Waals surface area contributed by atoms with Gasteiger partial charge in [0, 0.05) is 0 Å². The first kappa shape index (κ1) is 24.6.